The number of hydrogen-bond acceptors (Lipinski definition) is 1. The van der Waals surface area contributed by atoms with Crippen LogP contribution in [-0.2, 0) is 6.18 Å². The van der Waals surface area contributed by atoms with Gasteiger partial charge >= 0.3 is 6.18 Å². The monoisotopic (exact) mass is 200 g/mol. The summed E-state index contributed by atoms with van der Waals surface area (Å²) in [5, 5.41) is 0.695. The Hall–Kier alpha value is -1.65. The fourth-order valence-electron chi connectivity index (χ4n) is 1.33. The van der Waals surface area contributed by atoms with Crippen LogP contribution in [0.4, 0.5) is 13.2 Å². The van der Waals surface area contributed by atoms with Crippen molar-refractivity contribution in [2.24, 2.45) is 0 Å². The van der Waals surface area contributed by atoms with Crippen LogP contribution in [-0.4, -0.2) is 4.68 Å². The second kappa shape index (κ2) is 2.67. The normalized spacial score (nSPS) is 12.2. The molecule has 5 heteroatoms. The molecule has 0 aliphatic carbocycles. The summed E-state index contributed by atoms with van der Waals surface area (Å²) >= 11 is 0. The molecule has 0 bridgehead atoms. The van der Waals surface area contributed by atoms with Crippen molar-refractivity contribution in [2.45, 2.75) is 6.18 Å². The van der Waals surface area contributed by atoms with E-state index in [4.69, 9.17) is 5.84 Å². The van der Waals surface area contributed by atoms with Crippen molar-refractivity contribution in [1.29, 1.82) is 0 Å². The van der Waals surface area contributed by atoms with E-state index in [2.05, 4.69) is 0 Å². The minimum atomic E-state index is -4.32. The fourth-order valence-corrected chi connectivity index (χ4v) is 1.33. The molecule has 74 valence electrons. The number of nitrogens with zero attached hydrogens (tertiary/aromatic N) is 1. The van der Waals surface area contributed by atoms with Gasteiger partial charge in [0.05, 0.1) is 11.1 Å². The molecule has 0 spiro atoms. The van der Waals surface area contributed by atoms with Crippen LogP contribution in [0.5, 0.6) is 0 Å². The third-order valence-electron chi connectivity index (χ3n) is 2.05. The number of rotatable bonds is 0. The van der Waals surface area contributed by atoms with Gasteiger partial charge < -0.3 is 5.84 Å². The lowest BCUT2D eigenvalue weighted by Crippen LogP contribution is -2.08. The number of benzene rings is 1. The van der Waals surface area contributed by atoms with Gasteiger partial charge in [0, 0.05) is 11.6 Å². The molecule has 2 nitrogen and oxygen atoms in total. The summed E-state index contributed by atoms with van der Waals surface area (Å²) in [6, 6.07) is 5.15. The minimum Gasteiger partial charge on any atom is -0.339 e. The van der Waals surface area contributed by atoms with E-state index in [0.717, 1.165) is 12.1 Å². The average molecular weight is 200 g/mol. The number of hydrogen-bond donors (Lipinski definition) is 1. The molecule has 1 aromatic carbocycles. The molecule has 0 atom stereocenters. The first-order valence-corrected chi connectivity index (χ1v) is 3.92. The molecule has 14 heavy (non-hydrogen) atoms. The number of alkyl halides is 3. The fraction of sp³-hybridized carbons (Fsp3) is 0.111. The zero-order valence-corrected chi connectivity index (χ0v) is 7.05. The molecule has 0 saturated heterocycles. The summed E-state index contributed by atoms with van der Waals surface area (Å²) < 4.78 is 38.1. The highest BCUT2D eigenvalue weighted by molar-refractivity contribution is 5.80. The van der Waals surface area contributed by atoms with E-state index in [-0.39, 0.29) is 0 Å². The van der Waals surface area contributed by atoms with Gasteiger partial charge in [-0.3, -0.25) is 4.68 Å². The third kappa shape index (κ3) is 1.30. The van der Waals surface area contributed by atoms with Crippen molar-refractivity contribution in [3.8, 4) is 0 Å². The summed E-state index contributed by atoms with van der Waals surface area (Å²) in [7, 11) is 0. The van der Waals surface area contributed by atoms with Crippen molar-refractivity contribution in [3.05, 3.63) is 36.0 Å². The molecule has 0 saturated carbocycles. The second-order valence-corrected chi connectivity index (χ2v) is 2.99. The van der Waals surface area contributed by atoms with Crippen LogP contribution in [0.3, 0.4) is 0 Å². The average Bonchev–Trinajstić information content (AvgIpc) is 2.46. The van der Waals surface area contributed by atoms with Gasteiger partial charge in [0.15, 0.2) is 0 Å². The molecule has 2 aromatic rings. The van der Waals surface area contributed by atoms with Crippen LogP contribution in [0.2, 0.25) is 0 Å². The zero-order chi connectivity index (χ0) is 10.3. The van der Waals surface area contributed by atoms with E-state index in [1.54, 1.807) is 6.07 Å². The van der Waals surface area contributed by atoms with E-state index in [1.807, 2.05) is 0 Å². The molecular formula is C9H7F3N2. The van der Waals surface area contributed by atoms with Crippen LogP contribution in [0.15, 0.2) is 30.5 Å². The molecule has 1 heterocycles. The molecule has 0 amide bonds. The van der Waals surface area contributed by atoms with Gasteiger partial charge in [0.25, 0.3) is 0 Å². The van der Waals surface area contributed by atoms with Gasteiger partial charge in [-0.25, -0.2) is 0 Å². The number of nitrogen functional groups attached to an aromatic ring is 1. The number of halogens is 3. The predicted octanol–water partition coefficient (Wildman–Crippen LogP) is 2.37. The van der Waals surface area contributed by atoms with Crippen molar-refractivity contribution >= 4 is 10.9 Å². The first-order valence-electron chi connectivity index (χ1n) is 3.92. The Morgan fingerprint density at radius 3 is 2.50 bits per heavy atom. The van der Waals surface area contributed by atoms with Crippen molar-refractivity contribution in [1.82, 2.24) is 4.68 Å². The SMILES string of the molecule is Nn1ccc2ccc(C(F)(F)F)cc21. The predicted molar refractivity (Wildman–Crippen MR) is 47.1 cm³/mol. The van der Waals surface area contributed by atoms with E-state index < -0.39 is 11.7 Å². The van der Waals surface area contributed by atoms with Crippen LogP contribution in [0, 0.1) is 0 Å². The van der Waals surface area contributed by atoms with Crippen molar-refractivity contribution in [3.63, 3.8) is 0 Å². The summed E-state index contributed by atoms with van der Waals surface area (Å²) in [6.07, 6.45) is -2.80. The minimum absolute atomic E-state index is 0.375. The Balaban J connectivity index is 2.66. The molecule has 0 unspecified atom stereocenters. The Morgan fingerprint density at radius 1 is 1.14 bits per heavy atom. The Kier molecular flexibility index (Phi) is 1.70. The molecule has 0 radical (unpaired) electrons. The first kappa shape index (κ1) is 8.93. The van der Waals surface area contributed by atoms with Crippen LogP contribution in [0.25, 0.3) is 10.9 Å². The summed E-state index contributed by atoms with van der Waals surface area (Å²) in [4.78, 5) is 0. The van der Waals surface area contributed by atoms with Crippen LogP contribution >= 0.6 is 0 Å². The Morgan fingerprint density at radius 2 is 1.86 bits per heavy atom. The quantitative estimate of drug-likeness (QED) is 0.650. The maximum atomic E-state index is 12.3. The third-order valence-corrected chi connectivity index (χ3v) is 2.05. The highest BCUT2D eigenvalue weighted by atomic mass is 19.4. The molecular weight excluding hydrogens is 193 g/mol. The Labute approximate surface area is 77.7 Å². The second-order valence-electron chi connectivity index (χ2n) is 2.99. The largest absolute Gasteiger partial charge is 0.416 e. The molecule has 1 aromatic heterocycles. The van der Waals surface area contributed by atoms with Gasteiger partial charge in [0.2, 0.25) is 0 Å². The number of fused-ring (bicyclic) bond motifs is 1. The van der Waals surface area contributed by atoms with Gasteiger partial charge in [-0.15, -0.1) is 0 Å². The van der Waals surface area contributed by atoms with Gasteiger partial charge in [-0.2, -0.15) is 13.2 Å². The lowest BCUT2D eigenvalue weighted by atomic mass is 10.1. The smallest absolute Gasteiger partial charge is 0.339 e. The van der Waals surface area contributed by atoms with Crippen molar-refractivity contribution in [2.75, 3.05) is 5.84 Å². The van der Waals surface area contributed by atoms with Crippen LogP contribution in [0.1, 0.15) is 5.56 Å². The van der Waals surface area contributed by atoms with Crippen molar-refractivity contribution < 1.29 is 13.2 Å². The maximum Gasteiger partial charge on any atom is 0.416 e. The van der Waals surface area contributed by atoms with E-state index in [0.29, 0.717) is 10.9 Å². The lowest BCUT2D eigenvalue weighted by molar-refractivity contribution is -0.137. The first-order chi connectivity index (χ1) is 6.48. The maximum absolute atomic E-state index is 12.3. The van der Waals surface area contributed by atoms with E-state index in [9.17, 15) is 13.2 Å². The van der Waals surface area contributed by atoms with Gasteiger partial charge in [0.1, 0.15) is 0 Å². The summed E-state index contributed by atoms with van der Waals surface area (Å²) in [6.45, 7) is 0. The number of nitrogens with two attached hydrogens (primary N) is 1. The zero-order valence-electron chi connectivity index (χ0n) is 7.05. The van der Waals surface area contributed by atoms with Crippen LogP contribution < -0.4 is 5.84 Å². The summed E-state index contributed by atoms with van der Waals surface area (Å²) in [5.41, 5.74) is -0.310. The highest BCUT2D eigenvalue weighted by Crippen LogP contribution is 2.31. The molecule has 2 rings (SSSR count). The summed E-state index contributed by atoms with van der Waals surface area (Å²) in [5.74, 6) is 5.44. The highest BCUT2D eigenvalue weighted by Gasteiger charge is 2.30. The Bertz CT molecular complexity index is 470. The number of aromatic nitrogens is 1. The molecule has 0 aliphatic heterocycles. The molecule has 0 fully saturated rings. The van der Waals surface area contributed by atoms with Gasteiger partial charge in [-0.05, 0) is 18.2 Å². The molecule has 0 aliphatic rings. The molecule has 2 N–H and O–H groups in total. The van der Waals surface area contributed by atoms with E-state index in [1.165, 1.54) is 16.9 Å². The van der Waals surface area contributed by atoms with E-state index >= 15 is 0 Å². The topological polar surface area (TPSA) is 30.9 Å². The van der Waals surface area contributed by atoms with Gasteiger partial charge in [-0.1, -0.05) is 6.07 Å². The standard InChI is InChI=1S/C9H7F3N2/c10-9(11,12)7-2-1-6-3-4-14(13)8(6)5-7/h1-5H,13H2. The lowest BCUT2D eigenvalue weighted by Gasteiger charge is -2.06.